The number of allylic oxidation sites excluding steroid dienone is 3. The number of nitrogens with zero attached hydrogens (tertiary/aromatic N) is 3. The van der Waals surface area contributed by atoms with Crippen LogP contribution >= 0.6 is 0 Å². The number of hydrogen-bond donors (Lipinski definition) is 0. The molecular formula is C13H15N3. The van der Waals surface area contributed by atoms with Crippen LogP contribution in [0.1, 0.15) is 24.0 Å². The third-order valence-electron chi connectivity index (χ3n) is 2.48. The van der Waals surface area contributed by atoms with Crippen LogP contribution in [-0.2, 0) is 0 Å². The van der Waals surface area contributed by atoms with Crippen molar-refractivity contribution >= 4 is 11.8 Å². The lowest BCUT2D eigenvalue weighted by Crippen LogP contribution is -1.97. The molecule has 82 valence electrons. The van der Waals surface area contributed by atoms with Gasteiger partial charge >= 0.3 is 0 Å². The minimum absolute atomic E-state index is 0.372. The molecule has 0 spiro atoms. The van der Waals surface area contributed by atoms with Crippen molar-refractivity contribution in [2.24, 2.45) is 10.9 Å². The van der Waals surface area contributed by atoms with E-state index in [9.17, 15) is 0 Å². The van der Waals surface area contributed by atoms with Crippen molar-refractivity contribution in [2.45, 2.75) is 20.8 Å². The van der Waals surface area contributed by atoms with Crippen LogP contribution in [0.2, 0.25) is 0 Å². The van der Waals surface area contributed by atoms with Gasteiger partial charge in [0, 0.05) is 30.1 Å². The summed E-state index contributed by atoms with van der Waals surface area (Å²) in [6.45, 7) is 6.02. The van der Waals surface area contributed by atoms with E-state index in [1.165, 1.54) is 0 Å². The van der Waals surface area contributed by atoms with Crippen LogP contribution in [0.5, 0.6) is 0 Å². The van der Waals surface area contributed by atoms with E-state index in [1.54, 1.807) is 0 Å². The quantitative estimate of drug-likeness (QED) is 0.719. The lowest BCUT2D eigenvalue weighted by Gasteiger charge is -2.05. The summed E-state index contributed by atoms with van der Waals surface area (Å²) in [6, 6.07) is 0. The number of aromatic nitrogens is 2. The molecule has 0 N–H and O–H groups in total. The Hall–Kier alpha value is -1.77. The van der Waals surface area contributed by atoms with E-state index < -0.39 is 0 Å². The SMILES string of the molecule is Cc1ncc(C)c(C2=CN=CC(C)C=C2)n1. The molecule has 0 saturated carbocycles. The van der Waals surface area contributed by atoms with Crippen LogP contribution in [0.15, 0.2) is 29.5 Å². The van der Waals surface area contributed by atoms with Crippen molar-refractivity contribution in [1.29, 1.82) is 0 Å². The first-order chi connectivity index (χ1) is 7.66. The Balaban J connectivity index is 2.45. The largest absolute Gasteiger partial charge is 0.268 e. The van der Waals surface area contributed by atoms with Crippen LogP contribution in [0.25, 0.3) is 5.57 Å². The van der Waals surface area contributed by atoms with E-state index in [0.29, 0.717) is 5.92 Å². The number of aliphatic imine (C=N–C) groups is 1. The van der Waals surface area contributed by atoms with Crippen molar-refractivity contribution in [1.82, 2.24) is 9.97 Å². The first kappa shape index (κ1) is 10.7. The second-order valence-corrected chi connectivity index (χ2v) is 4.05. The molecule has 0 saturated heterocycles. The van der Waals surface area contributed by atoms with Gasteiger partial charge in [0.25, 0.3) is 0 Å². The average Bonchev–Trinajstić information content (AvgIpc) is 2.47. The van der Waals surface area contributed by atoms with E-state index in [0.717, 1.165) is 22.7 Å². The molecule has 1 aromatic rings. The van der Waals surface area contributed by atoms with Gasteiger partial charge < -0.3 is 0 Å². The van der Waals surface area contributed by atoms with Crippen molar-refractivity contribution < 1.29 is 0 Å². The maximum absolute atomic E-state index is 4.46. The zero-order valence-electron chi connectivity index (χ0n) is 9.81. The summed E-state index contributed by atoms with van der Waals surface area (Å²) in [6.07, 6.45) is 9.83. The molecule has 1 unspecified atom stereocenters. The van der Waals surface area contributed by atoms with Crippen LogP contribution < -0.4 is 0 Å². The first-order valence-electron chi connectivity index (χ1n) is 5.39. The smallest absolute Gasteiger partial charge is 0.125 e. The molecule has 0 aromatic carbocycles. The first-order valence-corrected chi connectivity index (χ1v) is 5.39. The molecular weight excluding hydrogens is 198 g/mol. The Morgan fingerprint density at radius 1 is 1.25 bits per heavy atom. The number of aryl methyl sites for hydroxylation is 2. The third-order valence-corrected chi connectivity index (χ3v) is 2.48. The molecule has 1 aromatic heterocycles. The highest BCUT2D eigenvalue weighted by atomic mass is 14.9. The average molecular weight is 213 g/mol. The number of hydrogen-bond acceptors (Lipinski definition) is 3. The highest BCUT2D eigenvalue weighted by molar-refractivity contribution is 5.77. The minimum atomic E-state index is 0.372. The van der Waals surface area contributed by atoms with Crippen molar-refractivity contribution in [3.63, 3.8) is 0 Å². The molecule has 0 bridgehead atoms. The summed E-state index contributed by atoms with van der Waals surface area (Å²) in [5, 5.41) is 0. The molecule has 0 aliphatic carbocycles. The minimum Gasteiger partial charge on any atom is -0.268 e. The van der Waals surface area contributed by atoms with Crippen molar-refractivity contribution in [2.75, 3.05) is 0 Å². The molecule has 2 heterocycles. The van der Waals surface area contributed by atoms with Crippen molar-refractivity contribution in [3.8, 4) is 0 Å². The predicted octanol–water partition coefficient (Wildman–Crippen LogP) is 2.71. The fourth-order valence-corrected chi connectivity index (χ4v) is 1.57. The summed E-state index contributed by atoms with van der Waals surface area (Å²) in [5.74, 6) is 1.16. The van der Waals surface area contributed by atoms with Gasteiger partial charge in [-0.15, -0.1) is 0 Å². The number of rotatable bonds is 1. The van der Waals surface area contributed by atoms with Gasteiger partial charge in [-0.3, -0.25) is 4.99 Å². The zero-order valence-corrected chi connectivity index (χ0v) is 9.81. The van der Waals surface area contributed by atoms with E-state index in [4.69, 9.17) is 0 Å². The monoisotopic (exact) mass is 213 g/mol. The summed E-state index contributed by atoms with van der Waals surface area (Å²) >= 11 is 0. The maximum Gasteiger partial charge on any atom is 0.125 e. The zero-order chi connectivity index (χ0) is 11.5. The van der Waals surface area contributed by atoms with E-state index in [1.807, 2.05) is 32.5 Å². The Bertz CT molecular complexity index is 484. The molecule has 2 rings (SSSR count). The topological polar surface area (TPSA) is 38.1 Å². The molecule has 1 aliphatic rings. The van der Waals surface area contributed by atoms with Gasteiger partial charge in [0.05, 0.1) is 5.69 Å². The van der Waals surface area contributed by atoms with Gasteiger partial charge in [-0.05, 0) is 19.4 Å². The van der Waals surface area contributed by atoms with Crippen LogP contribution in [0.3, 0.4) is 0 Å². The van der Waals surface area contributed by atoms with Crippen LogP contribution in [0, 0.1) is 19.8 Å². The normalized spacial score (nSPS) is 19.4. The Kier molecular flexibility index (Phi) is 2.95. The molecule has 16 heavy (non-hydrogen) atoms. The van der Waals surface area contributed by atoms with E-state index >= 15 is 0 Å². The third kappa shape index (κ3) is 2.24. The predicted molar refractivity (Wildman–Crippen MR) is 66.3 cm³/mol. The van der Waals surface area contributed by atoms with Crippen molar-refractivity contribution in [3.05, 3.63) is 41.6 Å². The second kappa shape index (κ2) is 4.39. The lowest BCUT2D eigenvalue weighted by molar-refractivity contribution is 1.01. The van der Waals surface area contributed by atoms with Gasteiger partial charge in [0.1, 0.15) is 5.82 Å². The standard InChI is InChI=1S/C13H15N3/c1-9-4-5-12(8-14-6-9)13-10(2)7-15-11(3)16-13/h4-9H,1-3H3. The highest BCUT2D eigenvalue weighted by Crippen LogP contribution is 2.19. The molecule has 1 aliphatic heterocycles. The molecule has 1 atom stereocenters. The van der Waals surface area contributed by atoms with Gasteiger partial charge in [-0.1, -0.05) is 19.1 Å². The van der Waals surface area contributed by atoms with E-state index in [2.05, 4.69) is 34.0 Å². The molecule has 0 amide bonds. The summed E-state index contributed by atoms with van der Waals surface area (Å²) in [5.41, 5.74) is 3.09. The van der Waals surface area contributed by atoms with Gasteiger partial charge in [0.2, 0.25) is 0 Å². The second-order valence-electron chi connectivity index (χ2n) is 4.05. The fourth-order valence-electron chi connectivity index (χ4n) is 1.57. The van der Waals surface area contributed by atoms with Gasteiger partial charge in [-0.2, -0.15) is 0 Å². The molecule has 3 nitrogen and oxygen atoms in total. The van der Waals surface area contributed by atoms with Crippen LogP contribution in [0.4, 0.5) is 0 Å². The Labute approximate surface area is 95.7 Å². The molecule has 0 radical (unpaired) electrons. The maximum atomic E-state index is 4.46. The van der Waals surface area contributed by atoms with E-state index in [-0.39, 0.29) is 0 Å². The Morgan fingerprint density at radius 2 is 2.06 bits per heavy atom. The van der Waals surface area contributed by atoms with Gasteiger partial charge in [0.15, 0.2) is 0 Å². The summed E-state index contributed by atoms with van der Waals surface area (Å²) < 4.78 is 0. The molecule has 3 heteroatoms. The molecule has 0 fully saturated rings. The summed E-state index contributed by atoms with van der Waals surface area (Å²) in [7, 11) is 0. The summed E-state index contributed by atoms with van der Waals surface area (Å²) in [4.78, 5) is 12.9. The fraction of sp³-hybridized carbons (Fsp3) is 0.308. The van der Waals surface area contributed by atoms with Gasteiger partial charge in [-0.25, -0.2) is 9.97 Å². The highest BCUT2D eigenvalue weighted by Gasteiger charge is 2.07. The van der Waals surface area contributed by atoms with Crippen LogP contribution in [-0.4, -0.2) is 16.2 Å². The lowest BCUT2D eigenvalue weighted by atomic mass is 10.1. The Morgan fingerprint density at radius 3 is 2.88 bits per heavy atom.